The van der Waals surface area contributed by atoms with Crippen LogP contribution >= 0.6 is 0 Å². The smallest absolute Gasteiger partial charge is 0.250 e. The zero-order chi connectivity index (χ0) is 21.4. The van der Waals surface area contributed by atoms with Gasteiger partial charge in [-0.2, -0.15) is 8.99 Å². The largest absolute Gasteiger partial charge is 0.337 e. The van der Waals surface area contributed by atoms with E-state index in [1.165, 1.54) is 4.31 Å². The molecule has 0 atom stereocenters. The molecule has 5 rings (SSSR count). The van der Waals surface area contributed by atoms with Gasteiger partial charge in [0, 0.05) is 37.8 Å². The first-order chi connectivity index (χ1) is 15.1. The minimum atomic E-state index is -3.65. The van der Waals surface area contributed by atoms with Gasteiger partial charge in [-0.15, -0.1) is 0 Å². The van der Waals surface area contributed by atoms with Crippen molar-refractivity contribution in [2.24, 2.45) is 0 Å². The van der Waals surface area contributed by atoms with Crippen molar-refractivity contribution in [2.75, 3.05) is 31.1 Å². The summed E-state index contributed by atoms with van der Waals surface area (Å²) >= 11 is 0. The summed E-state index contributed by atoms with van der Waals surface area (Å²) in [5, 5.41) is 12.7. The third-order valence-corrected chi connectivity index (χ3v) is 7.48. The number of piperazine rings is 1. The van der Waals surface area contributed by atoms with Crippen LogP contribution in [0.5, 0.6) is 0 Å². The quantitative estimate of drug-likeness (QED) is 0.484. The second kappa shape index (κ2) is 7.71. The van der Waals surface area contributed by atoms with Crippen LogP contribution in [0, 0.1) is 6.92 Å². The fourth-order valence-corrected chi connectivity index (χ4v) is 5.50. The van der Waals surface area contributed by atoms with E-state index in [0.29, 0.717) is 47.9 Å². The van der Waals surface area contributed by atoms with Gasteiger partial charge in [-0.25, -0.2) is 8.42 Å². The molecule has 0 amide bonds. The van der Waals surface area contributed by atoms with Crippen LogP contribution in [0.3, 0.4) is 0 Å². The molecule has 0 bridgehead atoms. The number of aromatic nitrogens is 5. The summed E-state index contributed by atoms with van der Waals surface area (Å²) in [4.78, 5) is 6.67. The molecular weight excluding hydrogens is 414 g/mol. The molecule has 2 aromatic heterocycles. The molecule has 0 saturated carbocycles. The Morgan fingerprint density at radius 1 is 0.903 bits per heavy atom. The summed E-state index contributed by atoms with van der Waals surface area (Å²) in [7, 11) is -3.65. The number of benzene rings is 2. The zero-order valence-corrected chi connectivity index (χ0v) is 17.8. The number of sulfonamides is 1. The predicted molar refractivity (Wildman–Crippen MR) is 117 cm³/mol. The van der Waals surface area contributed by atoms with E-state index in [1.807, 2.05) is 54.3 Å². The van der Waals surface area contributed by atoms with Crippen LogP contribution in [0.15, 0.2) is 65.7 Å². The van der Waals surface area contributed by atoms with E-state index < -0.39 is 10.0 Å². The summed E-state index contributed by atoms with van der Waals surface area (Å²) in [5.41, 5.74) is 2.52. The van der Waals surface area contributed by atoms with E-state index in [9.17, 15) is 8.42 Å². The lowest BCUT2D eigenvalue weighted by atomic mass is 10.1. The first-order valence-electron chi connectivity index (χ1n) is 9.99. The fourth-order valence-electron chi connectivity index (χ4n) is 3.90. The Labute approximate surface area is 180 Å². The van der Waals surface area contributed by atoms with Crippen molar-refractivity contribution in [3.8, 4) is 5.69 Å². The van der Waals surface area contributed by atoms with E-state index in [4.69, 9.17) is 0 Å². The maximum atomic E-state index is 13.4. The molecule has 9 nitrogen and oxygen atoms in total. The topological polar surface area (TPSA) is 97.1 Å². The van der Waals surface area contributed by atoms with Crippen LogP contribution in [0.2, 0.25) is 0 Å². The molecule has 1 aliphatic heterocycles. The van der Waals surface area contributed by atoms with Crippen molar-refractivity contribution in [1.29, 1.82) is 0 Å². The summed E-state index contributed by atoms with van der Waals surface area (Å²) in [6.07, 6.45) is 1.68. The Hall–Kier alpha value is -3.37. The van der Waals surface area contributed by atoms with E-state index >= 15 is 0 Å². The molecule has 0 unspecified atom stereocenters. The summed E-state index contributed by atoms with van der Waals surface area (Å²) in [6, 6.07) is 16.7. The highest BCUT2D eigenvalue weighted by Crippen LogP contribution is 2.28. The summed E-state index contributed by atoms with van der Waals surface area (Å²) in [6.45, 7) is 3.61. The van der Waals surface area contributed by atoms with Crippen LogP contribution in [-0.2, 0) is 10.0 Å². The van der Waals surface area contributed by atoms with Crippen molar-refractivity contribution in [1.82, 2.24) is 29.5 Å². The van der Waals surface area contributed by atoms with E-state index in [1.54, 1.807) is 23.0 Å². The van der Waals surface area contributed by atoms with Crippen LogP contribution < -0.4 is 4.90 Å². The standard InChI is InChI=1S/C21H21N7O2S/c1-16-9-10-19(18-8-5-11-22-20(16)18)31(29,30)27-14-12-26(13-15-27)21-23-24-25-28(21)17-6-3-2-4-7-17/h2-11H,12-15H2,1H3. The van der Waals surface area contributed by atoms with Crippen LogP contribution in [0.25, 0.3) is 16.6 Å². The third-order valence-electron chi connectivity index (χ3n) is 5.52. The highest BCUT2D eigenvalue weighted by Gasteiger charge is 2.31. The van der Waals surface area contributed by atoms with Crippen molar-refractivity contribution < 1.29 is 8.42 Å². The highest BCUT2D eigenvalue weighted by molar-refractivity contribution is 7.89. The number of aryl methyl sites for hydroxylation is 1. The van der Waals surface area contributed by atoms with E-state index in [2.05, 4.69) is 20.5 Å². The SMILES string of the molecule is Cc1ccc(S(=O)(=O)N2CCN(c3nnnn3-c3ccccc3)CC2)c2cccnc12. The number of pyridine rings is 1. The molecule has 4 aromatic rings. The molecule has 1 aliphatic rings. The Morgan fingerprint density at radius 3 is 2.45 bits per heavy atom. The molecule has 0 spiro atoms. The lowest BCUT2D eigenvalue weighted by Gasteiger charge is -2.34. The minimum Gasteiger partial charge on any atom is -0.337 e. The van der Waals surface area contributed by atoms with Crippen molar-refractivity contribution >= 4 is 26.9 Å². The molecule has 2 aromatic carbocycles. The lowest BCUT2D eigenvalue weighted by Crippen LogP contribution is -2.49. The second-order valence-electron chi connectivity index (χ2n) is 7.40. The fraction of sp³-hybridized carbons (Fsp3) is 0.238. The first-order valence-corrected chi connectivity index (χ1v) is 11.4. The number of rotatable bonds is 4. The average molecular weight is 436 g/mol. The maximum absolute atomic E-state index is 13.4. The van der Waals surface area contributed by atoms with E-state index in [0.717, 1.165) is 11.3 Å². The van der Waals surface area contributed by atoms with Gasteiger partial charge in [0.2, 0.25) is 16.0 Å². The molecule has 0 aliphatic carbocycles. The number of hydrogen-bond donors (Lipinski definition) is 0. The van der Waals surface area contributed by atoms with Gasteiger partial charge >= 0.3 is 0 Å². The van der Waals surface area contributed by atoms with Gasteiger partial charge < -0.3 is 4.90 Å². The van der Waals surface area contributed by atoms with Gasteiger partial charge in [0.1, 0.15) is 0 Å². The predicted octanol–water partition coefficient (Wildman–Crippen LogP) is 2.03. The molecule has 31 heavy (non-hydrogen) atoms. The molecule has 1 fully saturated rings. The van der Waals surface area contributed by atoms with Crippen molar-refractivity contribution in [3.05, 3.63) is 66.4 Å². The molecular formula is C21H21N7O2S. The Balaban J connectivity index is 1.40. The maximum Gasteiger partial charge on any atom is 0.250 e. The number of para-hydroxylation sites is 1. The summed E-state index contributed by atoms with van der Waals surface area (Å²) in [5.74, 6) is 0.605. The molecule has 0 N–H and O–H groups in total. The van der Waals surface area contributed by atoms with Gasteiger partial charge in [-0.3, -0.25) is 4.98 Å². The van der Waals surface area contributed by atoms with E-state index in [-0.39, 0.29) is 0 Å². The molecule has 10 heteroatoms. The van der Waals surface area contributed by atoms with Gasteiger partial charge in [0.15, 0.2) is 0 Å². The van der Waals surface area contributed by atoms with Crippen molar-refractivity contribution in [3.63, 3.8) is 0 Å². The molecule has 3 heterocycles. The van der Waals surface area contributed by atoms with Gasteiger partial charge in [-0.1, -0.05) is 29.4 Å². The number of fused-ring (bicyclic) bond motifs is 1. The molecule has 158 valence electrons. The first kappa shape index (κ1) is 19.6. The highest BCUT2D eigenvalue weighted by atomic mass is 32.2. The number of tetrazole rings is 1. The normalized spacial score (nSPS) is 15.5. The monoisotopic (exact) mass is 435 g/mol. The minimum absolute atomic E-state index is 0.295. The second-order valence-corrected chi connectivity index (χ2v) is 9.30. The summed E-state index contributed by atoms with van der Waals surface area (Å²) < 4.78 is 30.1. The van der Waals surface area contributed by atoms with Crippen LogP contribution in [-0.4, -0.2) is 64.1 Å². The van der Waals surface area contributed by atoms with Gasteiger partial charge in [-0.05, 0) is 53.2 Å². The Morgan fingerprint density at radius 2 is 1.68 bits per heavy atom. The van der Waals surface area contributed by atoms with Gasteiger partial charge in [0.05, 0.1) is 16.1 Å². The Bertz CT molecular complexity index is 1330. The molecule has 0 radical (unpaired) electrons. The average Bonchev–Trinajstić information content (AvgIpc) is 3.30. The van der Waals surface area contributed by atoms with Gasteiger partial charge in [0.25, 0.3) is 0 Å². The number of anilines is 1. The van der Waals surface area contributed by atoms with Crippen LogP contribution in [0.1, 0.15) is 5.56 Å². The number of hydrogen-bond acceptors (Lipinski definition) is 7. The molecule has 1 saturated heterocycles. The zero-order valence-electron chi connectivity index (χ0n) is 17.0. The third kappa shape index (κ3) is 3.43. The van der Waals surface area contributed by atoms with Crippen molar-refractivity contribution in [2.45, 2.75) is 11.8 Å². The lowest BCUT2D eigenvalue weighted by molar-refractivity contribution is 0.382. The number of nitrogens with zero attached hydrogens (tertiary/aromatic N) is 7. The Kier molecular flexibility index (Phi) is 4.87. The van der Waals surface area contributed by atoms with Crippen LogP contribution in [0.4, 0.5) is 5.95 Å².